The Morgan fingerprint density at radius 2 is 2.04 bits per heavy atom. The van der Waals surface area contributed by atoms with Crippen LogP contribution in [0.4, 0.5) is 0 Å². The van der Waals surface area contributed by atoms with Crippen LogP contribution in [-0.2, 0) is 17.9 Å². The summed E-state index contributed by atoms with van der Waals surface area (Å²) in [6.07, 6.45) is 3.42. The molecule has 0 aromatic carbocycles. The fourth-order valence-electron chi connectivity index (χ4n) is 2.92. The minimum Gasteiger partial charge on any atom is -0.481 e. The predicted octanol–water partition coefficient (Wildman–Crippen LogP) is 1.51. The van der Waals surface area contributed by atoms with E-state index in [2.05, 4.69) is 14.5 Å². The molecule has 0 bridgehead atoms. The van der Waals surface area contributed by atoms with Gasteiger partial charge >= 0.3 is 0 Å². The van der Waals surface area contributed by atoms with Gasteiger partial charge in [0.05, 0.1) is 12.7 Å². The number of aromatic nitrogens is 3. The zero-order valence-electron chi connectivity index (χ0n) is 14.2. The summed E-state index contributed by atoms with van der Waals surface area (Å²) in [4.78, 5) is 22.7. The van der Waals surface area contributed by atoms with Crippen molar-refractivity contribution in [1.82, 2.24) is 19.4 Å². The topological polar surface area (TPSA) is 69.5 Å². The van der Waals surface area contributed by atoms with Gasteiger partial charge in [-0.1, -0.05) is 0 Å². The predicted molar refractivity (Wildman–Crippen MR) is 87.9 cm³/mol. The van der Waals surface area contributed by atoms with Crippen molar-refractivity contribution in [3.63, 3.8) is 0 Å². The van der Waals surface area contributed by atoms with Crippen LogP contribution in [0.25, 0.3) is 0 Å². The van der Waals surface area contributed by atoms with Gasteiger partial charge in [-0.3, -0.25) is 4.79 Å². The lowest BCUT2D eigenvalue weighted by molar-refractivity contribution is 0.0462. The number of carbonyl (C=O) groups is 1. The Labute approximate surface area is 141 Å². The zero-order valence-corrected chi connectivity index (χ0v) is 14.2. The molecule has 0 aliphatic carbocycles. The van der Waals surface area contributed by atoms with Crippen molar-refractivity contribution < 1.29 is 14.3 Å². The number of methoxy groups -OCH3 is 2. The number of nitrogens with zero attached hydrogens (tertiary/aromatic N) is 4. The van der Waals surface area contributed by atoms with E-state index in [0.29, 0.717) is 24.0 Å². The molecule has 1 aliphatic heterocycles. The molecule has 3 heterocycles. The normalized spacial score (nSPS) is 14.5. The SMILES string of the molecule is COCc1ncc(C)n1CC1CN(C(=O)c2ccc(OC)nc2)C1. The first-order valence-electron chi connectivity index (χ1n) is 7.91. The van der Waals surface area contributed by atoms with Gasteiger partial charge in [-0.25, -0.2) is 9.97 Å². The van der Waals surface area contributed by atoms with Gasteiger partial charge in [0.2, 0.25) is 5.88 Å². The first kappa shape index (κ1) is 16.4. The summed E-state index contributed by atoms with van der Waals surface area (Å²) in [6.45, 7) is 4.89. The maximum Gasteiger partial charge on any atom is 0.255 e. The quantitative estimate of drug-likeness (QED) is 0.803. The van der Waals surface area contributed by atoms with Crippen LogP contribution >= 0.6 is 0 Å². The molecule has 7 heteroatoms. The third-order valence-electron chi connectivity index (χ3n) is 4.29. The van der Waals surface area contributed by atoms with E-state index in [-0.39, 0.29) is 5.91 Å². The lowest BCUT2D eigenvalue weighted by atomic mass is 9.98. The van der Waals surface area contributed by atoms with E-state index in [4.69, 9.17) is 9.47 Å². The van der Waals surface area contributed by atoms with Crippen molar-refractivity contribution in [3.8, 4) is 5.88 Å². The number of hydrogen-bond donors (Lipinski definition) is 0. The summed E-state index contributed by atoms with van der Waals surface area (Å²) >= 11 is 0. The summed E-state index contributed by atoms with van der Waals surface area (Å²) in [7, 11) is 3.22. The minimum absolute atomic E-state index is 0.0147. The van der Waals surface area contributed by atoms with Crippen LogP contribution in [0.1, 0.15) is 21.9 Å². The molecule has 0 spiro atoms. The van der Waals surface area contributed by atoms with Crippen molar-refractivity contribution in [3.05, 3.63) is 41.6 Å². The van der Waals surface area contributed by atoms with Gasteiger partial charge in [0, 0.05) is 56.8 Å². The number of amides is 1. The Hall–Kier alpha value is -2.41. The van der Waals surface area contributed by atoms with E-state index in [1.165, 1.54) is 0 Å². The fraction of sp³-hybridized carbons (Fsp3) is 0.471. The Kier molecular flexibility index (Phi) is 4.80. The maximum atomic E-state index is 12.4. The highest BCUT2D eigenvalue weighted by atomic mass is 16.5. The molecule has 2 aromatic heterocycles. The Morgan fingerprint density at radius 1 is 1.25 bits per heavy atom. The highest BCUT2D eigenvalue weighted by Crippen LogP contribution is 2.22. The second kappa shape index (κ2) is 7.00. The second-order valence-electron chi connectivity index (χ2n) is 6.02. The monoisotopic (exact) mass is 330 g/mol. The molecule has 7 nitrogen and oxygen atoms in total. The third-order valence-corrected chi connectivity index (χ3v) is 4.29. The van der Waals surface area contributed by atoms with E-state index >= 15 is 0 Å². The summed E-state index contributed by atoms with van der Waals surface area (Å²) in [6, 6.07) is 3.45. The third kappa shape index (κ3) is 3.26. The first-order chi connectivity index (χ1) is 11.6. The van der Waals surface area contributed by atoms with Crippen molar-refractivity contribution >= 4 is 5.91 Å². The Morgan fingerprint density at radius 3 is 2.67 bits per heavy atom. The molecule has 3 rings (SSSR count). The molecule has 0 N–H and O–H groups in total. The average molecular weight is 330 g/mol. The van der Waals surface area contributed by atoms with Gasteiger partial charge in [0.1, 0.15) is 12.4 Å². The molecule has 2 aromatic rings. The molecule has 1 saturated heterocycles. The summed E-state index contributed by atoms with van der Waals surface area (Å²) in [5.41, 5.74) is 1.71. The molecular formula is C17H22N4O3. The van der Waals surface area contributed by atoms with Crippen molar-refractivity contribution in [2.75, 3.05) is 27.3 Å². The number of likely N-dealkylation sites (tertiary alicyclic amines) is 1. The molecule has 128 valence electrons. The summed E-state index contributed by atoms with van der Waals surface area (Å²) in [5, 5.41) is 0. The molecular weight excluding hydrogens is 308 g/mol. The number of aryl methyl sites for hydroxylation is 1. The van der Waals surface area contributed by atoms with Crippen LogP contribution in [0, 0.1) is 12.8 Å². The molecule has 0 unspecified atom stereocenters. The molecule has 1 aliphatic rings. The number of carbonyl (C=O) groups excluding carboxylic acids is 1. The number of imidazole rings is 1. The van der Waals surface area contributed by atoms with Gasteiger partial charge in [0.25, 0.3) is 5.91 Å². The largest absolute Gasteiger partial charge is 0.481 e. The van der Waals surface area contributed by atoms with Gasteiger partial charge in [-0.15, -0.1) is 0 Å². The van der Waals surface area contributed by atoms with Crippen molar-refractivity contribution in [2.24, 2.45) is 5.92 Å². The summed E-state index contributed by atoms with van der Waals surface area (Å²) < 4.78 is 12.4. The lowest BCUT2D eigenvalue weighted by Crippen LogP contribution is -2.51. The van der Waals surface area contributed by atoms with Crippen LogP contribution in [-0.4, -0.2) is 52.7 Å². The standard InChI is InChI=1S/C17H22N4O3/c1-12-6-18-15(11-23-2)21(12)10-13-8-20(9-13)17(22)14-4-5-16(24-3)19-7-14/h4-7,13H,8-11H2,1-3H3. The smallest absolute Gasteiger partial charge is 0.255 e. The van der Waals surface area contributed by atoms with E-state index in [9.17, 15) is 4.79 Å². The Balaban J connectivity index is 1.57. The van der Waals surface area contributed by atoms with Crippen LogP contribution in [0.5, 0.6) is 5.88 Å². The van der Waals surface area contributed by atoms with Gasteiger partial charge in [-0.2, -0.15) is 0 Å². The fourth-order valence-corrected chi connectivity index (χ4v) is 2.92. The molecule has 1 amide bonds. The average Bonchev–Trinajstić information content (AvgIpc) is 2.90. The number of ether oxygens (including phenoxy) is 2. The van der Waals surface area contributed by atoms with Crippen LogP contribution < -0.4 is 4.74 Å². The highest BCUT2D eigenvalue weighted by Gasteiger charge is 2.32. The molecule has 0 saturated carbocycles. The summed E-state index contributed by atoms with van der Waals surface area (Å²) in [5.74, 6) is 1.89. The zero-order chi connectivity index (χ0) is 17.1. The van der Waals surface area contributed by atoms with Crippen molar-refractivity contribution in [1.29, 1.82) is 0 Å². The maximum absolute atomic E-state index is 12.4. The second-order valence-corrected chi connectivity index (χ2v) is 6.02. The molecule has 0 radical (unpaired) electrons. The van der Waals surface area contributed by atoms with Crippen LogP contribution in [0.3, 0.4) is 0 Å². The van der Waals surface area contributed by atoms with E-state index in [0.717, 1.165) is 31.2 Å². The van der Waals surface area contributed by atoms with E-state index in [1.807, 2.05) is 18.0 Å². The van der Waals surface area contributed by atoms with Crippen LogP contribution in [0.2, 0.25) is 0 Å². The molecule has 0 atom stereocenters. The Bertz CT molecular complexity index is 705. The van der Waals surface area contributed by atoms with E-state index in [1.54, 1.807) is 32.5 Å². The minimum atomic E-state index is 0.0147. The van der Waals surface area contributed by atoms with Gasteiger partial charge in [-0.05, 0) is 13.0 Å². The number of hydrogen-bond acceptors (Lipinski definition) is 5. The van der Waals surface area contributed by atoms with Crippen molar-refractivity contribution in [2.45, 2.75) is 20.1 Å². The molecule has 1 fully saturated rings. The highest BCUT2D eigenvalue weighted by molar-refractivity contribution is 5.94. The molecule has 24 heavy (non-hydrogen) atoms. The van der Waals surface area contributed by atoms with Crippen LogP contribution in [0.15, 0.2) is 24.5 Å². The number of pyridine rings is 1. The lowest BCUT2D eigenvalue weighted by Gasteiger charge is -2.39. The van der Waals surface area contributed by atoms with Gasteiger partial charge in [0.15, 0.2) is 0 Å². The van der Waals surface area contributed by atoms with Gasteiger partial charge < -0.3 is 18.9 Å². The van der Waals surface area contributed by atoms with E-state index < -0.39 is 0 Å². The first-order valence-corrected chi connectivity index (χ1v) is 7.91. The number of rotatable bonds is 6.